The maximum atomic E-state index is 5.81. The Kier molecular flexibility index (Phi) is 3.62. The first-order valence-electron chi connectivity index (χ1n) is 6.44. The summed E-state index contributed by atoms with van der Waals surface area (Å²) in [4.78, 5) is 9.19. The van der Waals surface area contributed by atoms with Gasteiger partial charge in [0.15, 0.2) is 5.82 Å². The molecular formula is C13H21N3O. The fraction of sp³-hybridized carbons (Fsp3) is 0.692. The predicted molar refractivity (Wildman–Crippen MR) is 68.1 cm³/mol. The second-order valence-corrected chi connectivity index (χ2v) is 4.63. The van der Waals surface area contributed by atoms with Gasteiger partial charge < -0.3 is 10.1 Å². The molecule has 4 nitrogen and oxygen atoms in total. The molecule has 0 bridgehead atoms. The number of nitrogens with one attached hydrogen (secondary N) is 1. The van der Waals surface area contributed by atoms with Crippen molar-refractivity contribution in [1.82, 2.24) is 9.97 Å². The zero-order valence-corrected chi connectivity index (χ0v) is 10.9. The van der Waals surface area contributed by atoms with E-state index in [0.717, 1.165) is 49.8 Å². The third-order valence-corrected chi connectivity index (χ3v) is 3.19. The molecule has 0 aromatic carbocycles. The number of aryl methyl sites for hydroxylation is 1. The van der Waals surface area contributed by atoms with E-state index in [2.05, 4.69) is 36.1 Å². The molecule has 1 aliphatic rings. The number of hydrogen-bond acceptors (Lipinski definition) is 4. The Morgan fingerprint density at radius 2 is 2.24 bits per heavy atom. The fourth-order valence-electron chi connectivity index (χ4n) is 2.14. The van der Waals surface area contributed by atoms with Gasteiger partial charge in [-0.15, -0.1) is 0 Å². The van der Waals surface area contributed by atoms with Crippen LogP contribution in [-0.2, 0) is 16.8 Å². The lowest BCUT2D eigenvalue weighted by Crippen LogP contribution is -2.24. The van der Waals surface area contributed by atoms with Crippen LogP contribution in [0.3, 0.4) is 0 Å². The van der Waals surface area contributed by atoms with Crippen molar-refractivity contribution in [2.24, 2.45) is 0 Å². The van der Waals surface area contributed by atoms with E-state index in [9.17, 15) is 0 Å². The van der Waals surface area contributed by atoms with Crippen LogP contribution >= 0.6 is 0 Å². The number of rotatable bonds is 4. The Labute approximate surface area is 103 Å². The molecular weight excluding hydrogens is 214 g/mol. The van der Waals surface area contributed by atoms with E-state index in [1.54, 1.807) is 0 Å². The highest BCUT2D eigenvalue weighted by Crippen LogP contribution is 2.34. The maximum absolute atomic E-state index is 5.81. The van der Waals surface area contributed by atoms with E-state index < -0.39 is 0 Å². The van der Waals surface area contributed by atoms with Gasteiger partial charge in [0.2, 0.25) is 0 Å². The minimum Gasteiger partial charge on any atom is -0.370 e. The van der Waals surface area contributed by atoms with Crippen LogP contribution in [0.15, 0.2) is 6.07 Å². The maximum Gasteiger partial charge on any atom is 0.162 e. The monoisotopic (exact) mass is 235 g/mol. The van der Waals surface area contributed by atoms with Gasteiger partial charge in [-0.1, -0.05) is 6.92 Å². The zero-order valence-electron chi connectivity index (χ0n) is 10.9. The van der Waals surface area contributed by atoms with Gasteiger partial charge in [0.25, 0.3) is 0 Å². The van der Waals surface area contributed by atoms with Crippen LogP contribution < -0.4 is 5.32 Å². The van der Waals surface area contributed by atoms with Crippen molar-refractivity contribution in [3.63, 3.8) is 0 Å². The molecule has 1 saturated heterocycles. The average molecular weight is 235 g/mol. The summed E-state index contributed by atoms with van der Waals surface area (Å²) in [7, 11) is 0. The van der Waals surface area contributed by atoms with Crippen molar-refractivity contribution < 1.29 is 4.74 Å². The summed E-state index contributed by atoms with van der Waals surface area (Å²) in [6.45, 7) is 7.95. The van der Waals surface area contributed by atoms with Crippen molar-refractivity contribution in [1.29, 1.82) is 0 Å². The van der Waals surface area contributed by atoms with Crippen LogP contribution in [0.2, 0.25) is 0 Å². The second-order valence-electron chi connectivity index (χ2n) is 4.63. The molecule has 4 heteroatoms. The minimum absolute atomic E-state index is 0.296. The van der Waals surface area contributed by atoms with Gasteiger partial charge in [-0.05, 0) is 33.1 Å². The fourth-order valence-corrected chi connectivity index (χ4v) is 2.14. The van der Waals surface area contributed by atoms with Crippen LogP contribution in [0.5, 0.6) is 0 Å². The van der Waals surface area contributed by atoms with Crippen LogP contribution in [0.4, 0.5) is 5.82 Å². The van der Waals surface area contributed by atoms with Gasteiger partial charge in [-0.2, -0.15) is 0 Å². The summed E-state index contributed by atoms with van der Waals surface area (Å²) < 4.78 is 5.81. The molecule has 17 heavy (non-hydrogen) atoms. The van der Waals surface area contributed by atoms with Crippen LogP contribution in [0, 0.1) is 0 Å². The quantitative estimate of drug-likeness (QED) is 0.871. The van der Waals surface area contributed by atoms with E-state index >= 15 is 0 Å². The molecule has 1 unspecified atom stereocenters. The lowest BCUT2D eigenvalue weighted by Gasteiger charge is -2.22. The molecule has 1 aliphatic heterocycles. The summed E-state index contributed by atoms with van der Waals surface area (Å²) in [5.74, 6) is 1.73. The SMILES string of the molecule is CCNc1cc(CC)nc(C2(C)CCCO2)n1. The number of hydrogen-bond donors (Lipinski definition) is 1. The summed E-state index contributed by atoms with van der Waals surface area (Å²) in [5, 5.41) is 3.26. The van der Waals surface area contributed by atoms with Crippen molar-refractivity contribution >= 4 is 5.82 Å². The van der Waals surface area contributed by atoms with E-state index in [1.165, 1.54) is 0 Å². The summed E-state index contributed by atoms with van der Waals surface area (Å²) in [5.41, 5.74) is 0.776. The lowest BCUT2D eigenvalue weighted by molar-refractivity contribution is 0.00927. The normalized spacial score (nSPS) is 23.9. The molecule has 1 aromatic heterocycles. The number of nitrogens with zero attached hydrogens (tertiary/aromatic N) is 2. The van der Waals surface area contributed by atoms with Crippen LogP contribution in [0.25, 0.3) is 0 Å². The summed E-state index contributed by atoms with van der Waals surface area (Å²) in [6.07, 6.45) is 3.02. The highest BCUT2D eigenvalue weighted by molar-refractivity contribution is 5.36. The van der Waals surface area contributed by atoms with Crippen molar-refractivity contribution in [3.05, 3.63) is 17.6 Å². The topological polar surface area (TPSA) is 47.0 Å². The molecule has 0 radical (unpaired) electrons. The van der Waals surface area contributed by atoms with Crippen LogP contribution in [-0.4, -0.2) is 23.1 Å². The molecule has 1 fully saturated rings. The standard InChI is InChI=1S/C13H21N3O/c1-4-10-9-11(14-5-2)16-12(15-10)13(3)7-6-8-17-13/h9H,4-8H2,1-3H3,(H,14,15,16). The average Bonchev–Trinajstić information content (AvgIpc) is 2.77. The van der Waals surface area contributed by atoms with E-state index in [4.69, 9.17) is 4.74 Å². The Hall–Kier alpha value is -1.16. The third-order valence-electron chi connectivity index (χ3n) is 3.19. The smallest absolute Gasteiger partial charge is 0.162 e. The Morgan fingerprint density at radius 1 is 1.41 bits per heavy atom. The van der Waals surface area contributed by atoms with E-state index in [1.807, 2.05) is 6.07 Å². The number of aromatic nitrogens is 2. The number of anilines is 1. The van der Waals surface area contributed by atoms with Crippen molar-refractivity contribution in [3.8, 4) is 0 Å². The first kappa shape index (κ1) is 12.3. The molecule has 1 N–H and O–H groups in total. The molecule has 1 aromatic rings. The number of ether oxygens (including phenoxy) is 1. The van der Waals surface area contributed by atoms with Gasteiger partial charge in [-0.3, -0.25) is 0 Å². The van der Waals surface area contributed by atoms with Gasteiger partial charge in [0.05, 0.1) is 0 Å². The first-order chi connectivity index (χ1) is 8.18. The van der Waals surface area contributed by atoms with Gasteiger partial charge in [0.1, 0.15) is 11.4 Å². The molecule has 94 valence electrons. The molecule has 2 rings (SSSR count). The lowest BCUT2D eigenvalue weighted by atomic mass is 10.0. The second kappa shape index (κ2) is 5.00. The minimum atomic E-state index is -0.296. The van der Waals surface area contributed by atoms with E-state index in [-0.39, 0.29) is 5.60 Å². The van der Waals surface area contributed by atoms with Gasteiger partial charge >= 0.3 is 0 Å². The van der Waals surface area contributed by atoms with E-state index in [0.29, 0.717) is 0 Å². The Balaban J connectivity index is 2.35. The first-order valence-corrected chi connectivity index (χ1v) is 6.44. The largest absolute Gasteiger partial charge is 0.370 e. The zero-order chi connectivity index (χ0) is 12.3. The predicted octanol–water partition coefficient (Wildman–Crippen LogP) is 2.50. The Bertz CT molecular complexity index is 386. The van der Waals surface area contributed by atoms with Gasteiger partial charge in [0, 0.05) is 24.9 Å². The van der Waals surface area contributed by atoms with Crippen molar-refractivity contribution in [2.75, 3.05) is 18.5 Å². The molecule has 0 amide bonds. The molecule has 0 spiro atoms. The third kappa shape index (κ3) is 2.57. The van der Waals surface area contributed by atoms with Gasteiger partial charge in [-0.25, -0.2) is 9.97 Å². The summed E-state index contributed by atoms with van der Waals surface area (Å²) >= 11 is 0. The highest BCUT2D eigenvalue weighted by atomic mass is 16.5. The Morgan fingerprint density at radius 3 is 2.82 bits per heavy atom. The molecule has 1 atom stereocenters. The van der Waals surface area contributed by atoms with Crippen LogP contribution in [0.1, 0.15) is 45.1 Å². The highest BCUT2D eigenvalue weighted by Gasteiger charge is 2.35. The summed E-state index contributed by atoms with van der Waals surface area (Å²) in [6, 6.07) is 2.02. The molecule has 0 saturated carbocycles. The molecule has 0 aliphatic carbocycles. The van der Waals surface area contributed by atoms with Crippen molar-refractivity contribution in [2.45, 2.75) is 45.6 Å². The molecule has 2 heterocycles.